The summed E-state index contributed by atoms with van der Waals surface area (Å²) in [7, 11) is 0. The molecule has 2 N–H and O–H groups in total. The van der Waals surface area contributed by atoms with Crippen LogP contribution in [0.3, 0.4) is 0 Å². The molecule has 1 aromatic carbocycles. The van der Waals surface area contributed by atoms with Gasteiger partial charge < -0.3 is 15.3 Å². The molecule has 1 heterocycles. The van der Waals surface area contributed by atoms with Gasteiger partial charge in [-0.3, -0.25) is 0 Å². The molecule has 2 aromatic rings. The van der Waals surface area contributed by atoms with Crippen molar-refractivity contribution in [1.29, 1.82) is 0 Å². The van der Waals surface area contributed by atoms with Gasteiger partial charge in [0.05, 0.1) is 18.8 Å². The van der Waals surface area contributed by atoms with Crippen molar-refractivity contribution < 1.29 is 14.3 Å². The average Bonchev–Trinajstić information content (AvgIpc) is 3.00. The van der Waals surface area contributed by atoms with Crippen molar-refractivity contribution in [3.8, 4) is 5.69 Å². The van der Waals surface area contributed by atoms with E-state index >= 15 is 0 Å². The standard InChI is InChI=1S/C18H25FN4O2/c1-4-7-22(8-9-24)18(25)21-14(3)15-5-6-17(16(19)10-15)23-12-13(2)11-20-23/h5-6,10-12,14,24H,4,7-9H2,1-3H3,(H,21,25). The van der Waals surface area contributed by atoms with Crippen LogP contribution in [-0.4, -0.2) is 45.5 Å². The van der Waals surface area contributed by atoms with Crippen molar-refractivity contribution in [2.24, 2.45) is 0 Å². The molecule has 0 saturated heterocycles. The second-order valence-corrected chi connectivity index (χ2v) is 6.05. The minimum Gasteiger partial charge on any atom is -0.395 e. The molecule has 0 fully saturated rings. The van der Waals surface area contributed by atoms with E-state index in [1.54, 1.807) is 36.4 Å². The van der Waals surface area contributed by atoms with E-state index in [0.717, 1.165) is 12.0 Å². The summed E-state index contributed by atoms with van der Waals surface area (Å²) < 4.78 is 15.9. The van der Waals surface area contributed by atoms with Crippen molar-refractivity contribution in [2.45, 2.75) is 33.2 Å². The fourth-order valence-corrected chi connectivity index (χ4v) is 2.59. The molecule has 1 unspecified atom stereocenters. The van der Waals surface area contributed by atoms with Gasteiger partial charge in [0.1, 0.15) is 11.5 Å². The molecule has 2 amide bonds. The Morgan fingerprint density at radius 2 is 2.20 bits per heavy atom. The molecule has 0 bridgehead atoms. The molecule has 6 nitrogen and oxygen atoms in total. The largest absolute Gasteiger partial charge is 0.395 e. The number of carbonyl (C=O) groups is 1. The lowest BCUT2D eigenvalue weighted by molar-refractivity contribution is 0.174. The fourth-order valence-electron chi connectivity index (χ4n) is 2.59. The van der Waals surface area contributed by atoms with Crippen LogP contribution in [0.15, 0.2) is 30.6 Å². The number of urea groups is 1. The van der Waals surface area contributed by atoms with Gasteiger partial charge in [-0.2, -0.15) is 5.10 Å². The summed E-state index contributed by atoms with van der Waals surface area (Å²) in [5, 5.41) is 16.0. The Bertz CT molecular complexity index is 711. The average molecular weight is 348 g/mol. The molecule has 0 aliphatic carbocycles. The van der Waals surface area contributed by atoms with Gasteiger partial charge in [-0.05, 0) is 43.5 Å². The van der Waals surface area contributed by atoms with E-state index < -0.39 is 5.82 Å². The van der Waals surface area contributed by atoms with E-state index in [0.29, 0.717) is 17.8 Å². The molecule has 136 valence electrons. The minimum absolute atomic E-state index is 0.0889. The molecular weight excluding hydrogens is 323 g/mol. The van der Waals surface area contributed by atoms with Gasteiger partial charge in [0.2, 0.25) is 0 Å². The first-order valence-corrected chi connectivity index (χ1v) is 8.43. The first-order valence-electron chi connectivity index (χ1n) is 8.43. The van der Waals surface area contributed by atoms with Crippen LogP contribution in [0, 0.1) is 12.7 Å². The zero-order chi connectivity index (χ0) is 18.4. The molecule has 0 radical (unpaired) electrons. The lowest BCUT2D eigenvalue weighted by atomic mass is 10.1. The molecule has 0 aliphatic heterocycles. The van der Waals surface area contributed by atoms with Gasteiger partial charge in [-0.1, -0.05) is 13.0 Å². The maximum Gasteiger partial charge on any atom is 0.317 e. The number of carbonyl (C=O) groups excluding carboxylic acids is 1. The van der Waals surface area contributed by atoms with E-state index in [1.165, 1.54) is 10.7 Å². The van der Waals surface area contributed by atoms with E-state index in [-0.39, 0.29) is 25.2 Å². The monoisotopic (exact) mass is 348 g/mol. The molecule has 0 aliphatic rings. The third-order valence-electron chi connectivity index (χ3n) is 3.92. The Hall–Kier alpha value is -2.41. The Balaban J connectivity index is 2.10. The van der Waals surface area contributed by atoms with Crippen molar-refractivity contribution in [3.63, 3.8) is 0 Å². The number of hydrogen-bond acceptors (Lipinski definition) is 3. The molecule has 2 rings (SSSR count). The van der Waals surface area contributed by atoms with Crippen molar-refractivity contribution >= 4 is 6.03 Å². The summed E-state index contributed by atoms with van der Waals surface area (Å²) in [5.41, 5.74) is 1.98. The maximum atomic E-state index is 14.4. The summed E-state index contributed by atoms with van der Waals surface area (Å²) >= 11 is 0. The first kappa shape index (κ1) is 18.9. The first-order chi connectivity index (χ1) is 12.0. The van der Waals surface area contributed by atoms with Gasteiger partial charge in [0, 0.05) is 19.3 Å². The molecule has 0 spiro atoms. The number of nitrogens with zero attached hydrogens (tertiary/aromatic N) is 3. The van der Waals surface area contributed by atoms with Gasteiger partial charge in [-0.25, -0.2) is 13.9 Å². The number of aliphatic hydroxyl groups excluding tert-OH is 1. The smallest absolute Gasteiger partial charge is 0.317 e. The van der Waals surface area contributed by atoms with Gasteiger partial charge in [0.15, 0.2) is 0 Å². The summed E-state index contributed by atoms with van der Waals surface area (Å²) in [6, 6.07) is 4.21. The Labute approximate surface area is 147 Å². The van der Waals surface area contributed by atoms with Gasteiger partial charge in [0.25, 0.3) is 0 Å². The molecule has 7 heteroatoms. The van der Waals surface area contributed by atoms with Crippen molar-refractivity contribution in [2.75, 3.05) is 19.7 Å². The van der Waals surface area contributed by atoms with Crippen LogP contribution >= 0.6 is 0 Å². The number of aliphatic hydroxyl groups is 1. The highest BCUT2D eigenvalue weighted by Crippen LogP contribution is 2.20. The summed E-state index contributed by atoms with van der Waals surface area (Å²) in [5.74, 6) is -0.400. The van der Waals surface area contributed by atoms with Crippen LogP contribution in [0.1, 0.15) is 37.4 Å². The van der Waals surface area contributed by atoms with Crippen LogP contribution < -0.4 is 5.32 Å². The highest BCUT2D eigenvalue weighted by Gasteiger charge is 2.17. The van der Waals surface area contributed by atoms with E-state index in [1.807, 2.05) is 13.8 Å². The second-order valence-electron chi connectivity index (χ2n) is 6.05. The van der Waals surface area contributed by atoms with Crippen LogP contribution in [0.2, 0.25) is 0 Å². The number of aryl methyl sites for hydroxylation is 1. The number of aromatic nitrogens is 2. The maximum absolute atomic E-state index is 14.4. The quantitative estimate of drug-likeness (QED) is 0.808. The highest BCUT2D eigenvalue weighted by molar-refractivity contribution is 5.74. The topological polar surface area (TPSA) is 70.4 Å². The van der Waals surface area contributed by atoms with Crippen molar-refractivity contribution in [3.05, 3.63) is 47.5 Å². The Morgan fingerprint density at radius 3 is 2.76 bits per heavy atom. The predicted molar refractivity (Wildman–Crippen MR) is 94.2 cm³/mol. The SMILES string of the molecule is CCCN(CCO)C(=O)NC(C)c1ccc(-n2cc(C)cn2)c(F)c1. The number of amides is 2. The third-order valence-corrected chi connectivity index (χ3v) is 3.92. The van der Waals surface area contributed by atoms with Crippen LogP contribution in [-0.2, 0) is 0 Å². The lowest BCUT2D eigenvalue weighted by Crippen LogP contribution is -2.42. The number of halogens is 1. The normalized spacial score (nSPS) is 12.0. The number of hydrogen-bond donors (Lipinski definition) is 2. The Kier molecular flexibility index (Phi) is 6.52. The molecule has 1 aromatic heterocycles. The molecule has 1 atom stereocenters. The summed E-state index contributed by atoms with van der Waals surface area (Å²) in [6.45, 7) is 6.40. The lowest BCUT2D eigenvalue weighted by Gasteiger charge is -2.24. The van der Waals surface area contributed by atoms with Crippen LogP contribution in [0.4, 0.5) is 9.18 Å². The zero-order valence-electron chi connectivity index (χ0n) is 14.9. The number of benzene rings is 1. The minimum atomic E-state index is -0.400. The zero-order valence-corrected chi connectivity index (χ0v) is 14.9. The van der Waals surface area contributed by atoms with E-state index in [9.17, 15) is 9.18 Å². The fraction of sp³-hybridized carbons (Fsp3) is 0.444. The molecular formula is C18H25FN4O2. The van der Waals surface area contributed by atoms with Gasteiger partial charge in [-0.15, -0.1) is 0 Å². The second kappa shape index (κ2) is 8.62. The van der Waals surface area contributed by atoms with Crippen molar-refractivity contribution in [1.82, 2.24) is 20.0 Å². The Morgan fingerprint density at radius 1 is 1.44 bits per heavy atom. The van der Waals surface area contributed by atoms with Crippen LogP contribution in [0.5, 0.6) is 0 Å². The highest BCUT2D eigenvalue weighted by atomic mass is 19.1. The van der Waals surface area contributed by atoms with Crippen LogP contribution in [0.25, 0.3) is 5.69 Å². The number of nitrogens with one attached hydrogen (secondary N) is 1. The van der Waals surface area contributed by atoms with E-state index in [4.69, 9.17) is 5.11 Å². The summed E-state index contributed by atoms with van der Waals surface area (Å²) in [4.78, 5) is 13.8. The van der Waals surface area contributed by atoms with Gasteiger partial charge >= 0.3 is 6.03 Å². The van der Waals surface area contributed by atoms with E-state index in [2.05, 4.69) is 10.4 Å². The molecule has 25 heavy (non-hydrogen) atoms. The summed E-state index contributed by atoms with van der Waals surface area (Å²) in [6.07, 6.45) is 4.22. The third kappa shape index (κ3) is 4.79. The predicted octanol–water partition coefficient (Wildman–Crippen LogP) is 2.79. The molecule has 0 saturated carbocycles. The number of rotatable bonds is 7.